The number of hydrogen-bond acceptors (Lipinski definition) is 1. The highest BCUT2D eigenvalue weighted by molar-refractivity contribution is 6.14. The summed E-state index contributed by atoms with van der Waals surface area (Å²) in [7, 11) is 0. The van der Waals surface area contributed by atoms with Crippen LogP contribution >= 0.6 is 0 Å². The van der Waals surface area contributed by atoms with Gasteiger partial charge in [0.15, 0.2) is 0 Å². The third kappa shape index (κ3) is 13.6. The van der Waals surface area contributed by atoms with Crippen molar-refractivity contribution >= 4 is 43.6 Å². The Labute approximate surface area is 560 Å². The van der Waals surface area contributed by atoms with E-state index in [-0.39, 0.29) is 84.9 Å². The van der Waals surface area contributed by atoms with Crippen molar-refractivity contribution in [3.8, 4) is 73.1 Å². The van der Waals surface area contributed by atoms with Gasteiger partial charge in [-0.15, -0.1) is 0 Å². The summed E-state index contributed by atoms with van der Waals surface area (Å²) in [4.78, 5) is 0. The molecule has 3 nitrogen and oxygen atoms in total. The second-order valence-electron chi connectivity index (χ2n) is 23.5. The molecule has 0 spiro atoms. The molecule has 2 heterocycles. The van der Waals surface area contributed by atoms with E-state index >= 15 is 26.3 Å². The van der Waals surface area contributed by atoms with Gasteiger partial charge in [-0.25, -0.2) is 0 Å². The summed E-state index contributed by atoms with van der Waals surface area (Å²) in [6, 6.07) is 13.9. The van der Waals surface area contributed by atoms with E-state index in [0.29, 0.717) is 18.2 Å². The van der Waals surface area contributed by atoms with Gasteiger partial charge in [0.25, 0.3) is 0 Å². The predicted octanol–water partition coefficient (Wildman–Crippen LogP) is 26.3. The minimum absolute atomic E-state index is 0.154. The van der Waals surface area contributed by atoms with Gasteiger partial charge < -0.3 is 9.13 Å². The van der Waals surface area contributed by atoms with Crippen LogP contribution in [0.4, 0.5) is 132 Å². The van der Waals surface area contributed by atoms with Gasteiger partial charge in [-0.05, 0) is 196 Å². The maximum Gasteiger partial charge on any atom is 0.417 e. The average molecular weight is 1490 g/mol. The Morgan fingerprint density at radius 3 is 0.615 bits per heavy atom. The van der Waals surface area contributed by atoms with E-state index in [1.165, 1.54) is 0 Å². The molecule has 0 N–H and O–H groups in total. The molecule has 0 aliphatic rings. The van der Waals surface area contributed by atoms with E-state index < -0.39 is 234 Å². The lowest BCUT2D eigenvalue weighted by Crippen LogP contribution is -2.15. The Bertz CT molecular complexity index is 4810. The second kappa shape index (κ2) is 24.1. The van der Waals surface area contributed by atoms with E-state index in [0.717, 1.165) is 81.9 Å². The van der Waals surface area contributed by atoms with E-state index in [9.17, 15) is 111 Å². The number of benzene rings is 10. The summed E-state index contributed by atoms with van der Waals surface area (Å²) >= 11 is 0. The summed E-state index contributed by atoms with van der Waals surface area (Å²) < 4.78 is 440. The molecule has 0 bridgehead atoms. The number of alkyl halides is 30. The minimum atomic E-state index is -5.81. The van der Waals surface area contributed by atoms with Gasteiger partial charge in [-0.2, -0.15) is 137 Å². The zero-order valence-corrected chi connectivity index (χ0v) is 50.4. The fraction of sp³-hybridized carbons (Fsp3) is 0.141. The van der Waals surface area contributed by atoms with Gasteiger partial charge in [0.2, 0.25) is 0 Å². The fourth-order valence-electron chi connectivity index (χ4n) is 12.3. The number of fused-ring (bicyclic) bond motifs is 6. The van der Waals surface area contributed by atoms with E-state index in [2.05, 4.69) is 0 Å². The molecule has 0 unspecified atom stereocenters. The van der Waals surface area contributed by atoms with E-state index in [4.69, 9.17) is 0 Å². The summed E-state index contributed by atoms with van der Waals surface area (Å²) in [5.41, 5.74) is -33.4. The van der Waals surface area contributed by atoms with Crippen molar-refractivity contribution in [1.29, 1.82) is 5.26 Å². The van der Waals surface area contributed by atoms with Crippen LogP contribution in [0.1, 0.15) is 61.2 Å². The third-order valence-corrected chi connectivity index (χ3v) is 16.9. The zero-order valence-electron chi connectivity index (χ0n) is 50.4. The van der Waals surface area contributed by atoms with E-state index in [1.54, 1.807) is 6.07 Å². The Balaban J connectivity index is 1.26. The van der Waals surface area contributed by atoms with Crippen LogP contribution in [0.5, 0.6) is 0 Å². The maximum atomic E-state index is 15.5. The van der Waals surface area contributed by atoms with E-state index in [1.807, 2.05) is 0 Å². The Kier molecular flexibility index (Phi) is 16.9. The molecule has 0 amide bonds. The van der Waals surface area contributed by atoms with Crippen molar-refractivity contribution in [3.05, 3.63) is 237 Å². The lowest BCUT2D eigenvalue weighted by molar-refractivity contribution is -0.144. The molecule has 2 aromatic heterocycles. The molecule has 12 aromatic rings. The number of nitrogens with zero attached hydrogens (tertiary/aromatic N) is 3. The van der Waals surface area contributed by atoms with Crippen LogP contribution < -0.4 is 0 Å². The van der Waals surface area contributed by atoms with Crippen LogP contribution in [0, 0.1) is 11.3 Å². The smallest absolute Gasteiger partial charge is 0.308 e. The first-order valence-electron chi connectivity index (χ1n) is 29.0. The Morgan fingerprint density at radius 2 is 0.433 bits per heavy atom. The molecule has 33 heteroatoms. The first-order valence-corrected chi connectivity index (χ1v) is 29.0. The number of rotatable bonds is 7. The topological polar surface area (TPSA) is 33.6 Å². The van der Waals surface area contributed by atoms with Crippen molar-refractivity contribution in [3.63, 3.8) is 0 Å². The number of halogens is 30. The highest BCUT2D eigenvalue weighted by atomic mass is 19.4. The van der Waals surface area contributed by atoms with Crippen molar-refractivity contribution in [2.45, 2.75) is 61.8 Å². The van der Waals surface area contributed by atoms with Crippen molar-refractivity contribution in [2.24, 2.45) is 0 Å². The van der Waals surface area contributed by atoms with Crippen LogP contribution in [0.2, 0.25) is 0 Å². The molecule has 0 saturated heterocycles. The molecule has 0 aliphatic heterocycles. The van der Waals surface area contributed by atoms with Crippen LogP contribution in [0.25, 0.3) is 111 Å². The highest BCUT2D eigenvalue weighted by Crippen LogP contribution is 2.51. The number of hydrogen-bond donors (Lipinski definition) is 0. The standard InChI is InChI=1S/C71H29F30N3/c72-62(73,74)40-12-35(13-41(26-40)63(75,76)77)31-4-8-55-48(20-31)49-21-32(36-14-42(64(78,79)80)27-43(15-36)65(81,82)83)5-9-56(49)103(55)59-24-39(61-53(70(96,97)98)2-1-3-54(61)71(99,100)101)25-60(52(59)30-102)104-57-10-6-33(37-16-44(66(84,85)86)28-45(17-37)67(87,88)89)22-50(57)51-23-34(7-11-58(51)104)38-18-46(68(90,91)92)29-47(19-38)69(93,94)95/h1-29H. The lowest BCUT2D eigenvalue weighted by Gasteiger charge is -2.22. The molecular formula is C71H29F30N3. The zero-order chi connectivity index (χ0) is 76.3. The third-order valence-electron chi connectivity index (χ3n) is 16.9. The highest BCUT2D eigenvalue weighted by Gasteiger charge is 2.45. The predicted molar refractivity (Wildman–Crippen MR) is 317 cm³/mol. The minimum Gasteiger partial charge on any atom is -0.308 e. The molecule has 104 heavy (non-hydrogen) atoms. The Morgan fingerprint density at radius 1 is 0.221 bits per heavy atom. The molecular weight excluding hydrogens is 1460 g/mol. The molecule has 0 atom stereocenters. The second-order valence-corrected chi connectivity index (χ2v) is 23.5. The first kappa shape index (κ1) is 73.0. The molecule has 0 radical (unpaired) electrons. The summed E-state index contributed by atoms with van der Waals surface area (Å²) in [5, 5.41) is 9.59. The van der Waals surface area contributed by atoms with Crippen molar-refractivity contribution in [1.82, 2.24) is 9.13 Å². The molecule has 0 saturated carbocycles. The van der Waals surface area contributed by atoms with Gasteiger partial charge in [-0.3, -0.25) is 0 Å². The monoisotopic (exact) mass is 1490 g/mol. The van der Waals surface area contributed by atoms with Gasteiger partial charge in [0, 0.05) is 27.1 Å². The maximum absolute atomic E-state index is 15.5. The molecule has 10 aromatic carbocycles. The van der Waals surface area contributed by atoms with Gasteiger partial charge in [0.05, 0.1) is 89.1 Å². The van der Waals surface area contributed by atoms with Crippen LogP contribution in [0.15, 0.2) is 176 Å². The summed E-state index contributed by atoms with van der Waals surface area (Å²) in [6.07, 6.45) is -55.8. The van der Waals surface area contributed by atoms with Crippen molar-refractivity contribution < 1.29 is 132 Å². The summed E-state index contributed by atoms with van der Waals surface area (Å²) in [5.74, 6) is 0. The molecule has 538 valence electrons. The number of nitriles is 1. The van der Waals surface area contributed by atoms with Crippen LogP contribution in [-0.4, -0.2) is 9.13 Å². The SMILES string of the molecule is N#Cc1c(-n2c3ccc(-c4cc(C(F)(F)F)cc(C(F)(F)F)c4)cc3c3cc(-c4cc(C(F)(F)F)cc(C(F)(F)F)c4)ccc32)cc(-c2c(C(F)(F)F)cccc2C(F)(F)F)cc1-n1c2ccc(-c3cc(C(F)(F)F)cc(C(F)(F)F)c3)cc2c2cc(-c3cc(C(F)(F)F)cc(C(F)(F)F)c3)ccc21. The fourth-order valence-corrected chi connectivity index (χ4v) is 12.3. The average Bonchev–Trinajstić information content (AvgIpc) is 1.55. The van der Waals surface area contributed by atoms with Crippen LogP contribution in [-0.2, 0) is 61.8 Å². The molecule has 0 aliphatic carbocycles. The van der Waals surface area contributed by atoms with Crippen molar-refractivity contribution in [2.75, 3.05) is 0 Å². The van der Waals surface area contributed by atoms with Gasteiger partial charge in [0.1, 0.15) is 11.6 Å². The molecule has 12 rings (SSSR count). The first-order chi connectivity index (χ1) is 47.8. The summed E-state index contributed by atoms with van der Waals surface area (Å²) in [6.45, 7) is 0. The molecule has 0 fully saturated rings. The van der Waals surface area contributed by atoms with Gasteiger partial charge >= 0.3 is 61.8 Å². The number of aromatic nitrogens is 2. The van der Waals surface area contributed by atoms with Crippen LogP contribution in [0.3, 0.4) is 0 Å². The quantitative estimate of drug-likeness (QED) is 0.146. The normalized spacial score (nSPS) is 13.5. The Hall–Kier alpha value is -10.8. The lowest BCUT2D eigenvalue weighted by atomic mass is 9.91. The largest absolute Gasteiger partial charge is 0.417 e. The van der Waals surface area contributed by atoms with Gasteiger partial charge in [-0.1, -0.05) is 30.3 Å².